The van der Waals surface area contributed by atoms with E-state index in [1.54, 1.807) is 7.11 Å². The average molecular weight is 272 g/mol. The van der Waals surface area contributed by atoms with E-state index in [2.05, 4.69) is 26.0 Å². The third-order valence-electron chi connectivity index (χ3n) is 2.55. The Bertz CT molecular complexity index is 341. The van der Waals surface area contributed by atoms with Gasteiger partial charge in [0.1, 0.15) is 0 Å². The molecule has 0 radical (unpaired) electrons. The molecule has 78 valence electrons. The fourth-order valence-corrected chi connectivity index (χ4v) is 6.02. The molecular formula is C11H17AsOS. The number of hydrogen-bond acceptors (Lipinski definition) is 2. The van der Waals surface area contributed by atoms with Crippen LogP contribution in [0.2, 0.25) is 10.4 Å². The fraction of sp³-hybridized carbons (Fsp3) is 0.455. The van der Waals surface area contributed by atoms with Crippen LogP contribution < -0.4 is 9.09 Å². The van der Waals surface area contributed by atoms with Gasteiger partial charge in [0, 0.05) is 0 Å². The van der Waals surface area contributed by atoms with Crippen LogP contribution in [0, 0.1) is 0 Å². The third kappa shape index (κ3) is 2.43. The maximum atomic E-state index is 5.79. The molecule has 0 saturated heterocycles. The van der Waals surface area contributed by atoms with Gasteiger partial charge in [-0.1, -0.05) is 0 Å². The minimum atomic E-state index is -1.97. The van der Waals surface area contributed by atoms with Gasteiger partial charge in [0.05, 0.1) is 0 Å². The Balaban J connectivity index is 3.11. The molecule has 0 amide bonds. The van der Waals surface area contributed by atoms with Crippen molar-refractivity contribution in [2.45, 2.75) is 24.3 Å². The summed E-state index contributed by atoms with van der Waals surface area (Å²) in [4.78, 5) is 0. The molecule has 0 aliphatic rings. The van der Waals surface area contributed by atoms with Crippen molar-refractivity contribution in [3.05, 3.63) is 24.3 Å². The van der Waals surface area contributed by atoms with Crippen LogP contribution in [0.15, 0.2) is 24.3 Å². The van der Waals surface area contributed by atoms with Crippen LogP contribution in [-0.4, -0.2) is 19.0 Å². The molecule has 0 unspecified atom stereocenters. The molecule has 0 heterocycles. The summed E-state index contributed by atoms with van der Waals surface area (Å²) in [5.41, 5.74) is 0. The molecule has 1 aromatic carbocycles. The van der Waals surface area contributed by atoms with Gasteiger partial charge in [-0.05, 0) is 0 Å². The summed E-state index contributed by atoms with van der Waals surface area (Å²) in [5.74, 6) is 0.931. The predicted octanol–water partition coefficient (Wildman–Crippen LogP) is 3.09. The van der Waals surface area contributed by atoms with Crippen LogP contribution >= 0.6 is 10.4 Å². The van der Waals surface area contributed by atoms with Gasteiger partial charge in [-0.25, -0.2) is 0 Å². The number of ether oxygens (including phenoxy) is 1. The Morgan fingerprint density at radius 1 is 1.29 bits per heavy atom. The predicted molar refractivity (Wildman–Crippen MR) is 66.9 cm³/mol. The number of methoxy groups -OCH3 is 1. The van der Waals surface area contributed by atoms with Crippen molar-refractivity contribution >= 4 is 26.6 Å². The van der Waals surface area contributed by atoms with E-state index in [0.29, 0.717) is 0 Å². The summed E-state index contributed by atoms with van der Waals surface area (Å²) < 4.78 is 6.58. The van der Waals surface area contributed by atoms with Crippen LogP contribution in [0.25, 0.3) is 0 Å². The molecule has 1 aromatic rings. The molecule has 0 aromatic heterocycles. The van der Waals surface area contributed by atoms with Crippen molar-refractivity contribution in [1.29, 1.82) is 0 Å². The van der Waals surface area contributed by atoms with Crippen molar-refractivity contribution in [3.63, 3.8) is 0 Å². The van der Waals surface area contributed by atoms with Gasteiger partial charge in [0.15, 0.2) is 0 Å². The zero-order valence-electron chi connectivity index (χ0n) is 8.99. The Kier molecular flexibility index (Phi) is 4.27. The Morgan fingerprint density at radius 2 is 1.93 bits per heavy atom. The SMILES string of the molecule is CC[As](=S)(CC)c1cccc(OC)c1. The summed E-state index contributed by atoms with van der Waals surface area (Å²) in [7, 11) is 7.50. The monoisotopic (exact) mass is 272 g/mol. The first-order valence-corrected chi connectivity index (χ1v) is 11.1. The maximum absolute atomic E-state index is 5.79. The molecular weight excluding hydrogens is 255 g/mol. The Morgan fingerprint density at radius 3 is 2.43 bits per heavy atom. The summed E-state index contributed by atoms with van der Waals surface area (Å²) in [6.45, 7) is 4.42. The van der Waals surface area contributed by atoms with Crippen LogP contribution in [0.4, 0.5) is 0 Å². The fourth-order valence-electron chi connectivity index (χ4n) is 1.45. The molecule has 0 aliphatic carbocycles. The summed E-state index contributed by atoms with van der Waals surface area (Å²) >= 11 is -1.97. The van der Waals surface area contributed by atoms with Gasteiger partial charge in [-0.3, -0.25) is 0 Å². The van der Waals surface area contributed by atoms with Gasteiger partial charge in [0.25, 0.3) is 0 Å². The Labute approximate surface area is 92.7 Å². The van der Waals surface area contributed by atoms with Crippen molar-refractivity contribution in [2.24, 2.45) is 0 Å². The topological polar surface area (TPSA) is 9.23 Å². The van der Waals surface area contributed by atoms with Gasteiger partial charge < -0.3 is 0 Å². The Hall–Kier alpha value is -0.202. The van der Waals surface area contributed by atoms with Gasteiger partial charge in [0.2, 0.25) is 0 Å². The molecule has 3 heteroatoms. The van der Waals surface area contributed by atoms with E-state index in [4.69, 9.17) is 15.1 Å². The zero-order chi connectivity index (χ0) is 10.6. The summed E-state index contributed by atoms with van der Waals surface area (Å²) in [5, 5.41) is 2.30. The molecule has 0 N–H and O–H groups in total. The molecule has 0 fully saturated rings. The van der Waals surface area contributed by atoms with E-state index in [9.17, 15) is 0 Å². The van der Waals surface area contributed by atoms with Crippen LogP contribution in [-0.2, 0) is 0 Å². The van der Waals surface area contributed by atoms with Crippen molar-refractivity contribution in [2.75, 3.05) is 7.11 Å². The number of benzene rings is 1. The van der Waals surface area contributed by atoms with E-state index in [1.165, 1.54) is 4.35 Å². The van der Waals surface area contributed by atoms with E-state index in [1.807, 2.05) is 12.1 Å². The second kappa shape index (κ2) is 5.04. The van der Waals surface area contributed by atoms with Crippen LogP contribution in [0.3, 0.4) is 0 Å². The molecule has 0 saturated carbocycles. The molecule has 0 aliphatic heterocycles. The standard InChI is InChI=1S/C11H17AsOS/c1-4-12(14,5-2)10-7-6-8-11(9-10)13-3/h6-9H,4-5H2,1-3H3. The molecule has 1 nitrogen and oxygen atoms in total. The van der Waals surface area contributed by atoms with Crippen molar-refractivity contribution in [3.8, 4) is 5.75 Å². The average Bonchev–Trinajstić information content (AvgIpc) is 2.28. The van der Waals surface area contributed by atoms with E-state index in [-0.39, 0.29) is 0 Å². The van der Waals surface area contributed by atoms with E-state index < -0.39 is 11.9 Å². The van der Waals surface area contributed by atoms with Crippen molar-refractivity contribution < 1.29 is 4.74 Å². The molecule has 0 atom stereocenters. The van der Waals surface area contributed by atoms with Gasteiger partial charge >= 0.3 is 92.7 Å². The van der Waals surface area contributed by atoms with E-state index >= 15 is 0 Å². The van der Waals surface area contributed by atoms with Crippen molar-refractivity contribution in [1.82, 2.24) is 0 Å². The molecule has 1 rings (SSSR count). The van der Waals surface area contributed by atoms with Crippen LogP contribution in [0.1, 0.15) is 13.8 Å². The third-order valence-corrected chi connectivity index (χ3v) is 13.2. The van der Waals surface area contributed by atoms with Crippen LogP contribution in [0.5, 0.6) is 5.75 Å². The minimum absolute atomic E-state index is 0.931. The summed E-state index contributed by atoms with van der Waals surface area (Å²) in [6, 6.07) is 8.30. The first-order chi connectivity index (χ1) is 6.66. The summed E-state index contributed by atoms with van der Waals surface area (Å²) in [6.07, 6.45) is 0. The first kappa shape index (κ1) is 11.9. The van der Waals surface area contributed by atoms with E-state index in [0.717, 1.165) is 16.2 Å². The van der Waals surface area contributed by atoms with Gasteiger partial charge in [-0.2, -0.15) is 0 Å². The normalized spacial score (nSPS) is 11.4. The second-order valence-corrected chi connectivity index (χ2v) is 14.3. The number of rotatable bonds is 4. The first-order valence-electron chi connectivity index (χ1n) is 4.89. The molecule has 14 heavy (non-hydrogen) atoms. The molecule has 0 spiro atoms. The quantitative estimate of drug-likeness (QED) is 0.779. The molecule has 0 bridgehead atoms. The zero-order valence-corrected chi connectivity index (χ0v) is 11.7. The van der Waals surface area contributed by atoms with Gasteiger partial charge in [-0.15, -0.1) is 0 Å². The second-order valence-electron chi connectivity index (χ2n) is 3.22. The number of hydrogen-bond donors (Lipinski definition) is 0.